The minimum atomic E-state index is 0.524. The molecule has 3 rings (SSSR count). The topological polar surface area (TPSA) is 79.3 Å². The second-order valence-electron chi connectivity index (χ2n) is 5.10. The number of ether oxygens (including phenoxy) is 2. The fourth-order valence-electron chi connectivity index (χ4n) is 2.32. The van der Waals surface area contributed by atoms with Crippen LogP contribution in [0.1, 0.15) is 5.56 Å². The van der Waals surface area contributed by atoms with Crippen molar-refractivity contribution in [2.45, 2.75) is 4.90 Å². The predicted octanol–water partition coefficient (Wildman–Crippen LogP) is 3.84. The monoisotopic (exact) mass is 376 g/mol. The molecule has 0 bridgehead atoms. The van der Waals surface area contributed by atoms with E-state index in [-0.39, 0.29) is 0 Å². The molecule has 0 atom stereocenters. The van der Waals surface area contributed by atoms with Crippen molar-refractivity contribution in [1.82, 2.24) is 10.3 Å². The van der Waals surface area contributed by atoms with Crippen LogP contribution in [-0.2, 0) is 0 Å². The highest BCUT2D eigenvalue weighted by Crippen LogP contribution is 2.34. The highest BCUT2D eigenvalue weighted by Gasteiger charge is 2.15. The van der Waals surface area contributed by atoms with E-state index in [0.717, 1.165) is 27.6 Å². The summed E-state index contributed by atoms with van der Waals surface area (Å²) < 4.78 is 14.2. The Bertz CT molecular complexity index is 813. The number of nitrogens with zero attached hydrogens (tertiary/aromatic N) is 1. The molecule has 0 saturated carbocycles. The molecule has 1 aliphatic rings. The standard InChI is InChI=1S/C17H17ClN4O2S/c1-23-15-3-2-11(18)8-16(15)25-22-12-9-13-14(4-5-19)20-6-7-24-17(13)21-10-12/h2-5,8-10,19-20,22H,6-7H2,1H3/b14-4-,19-5?. The molecule has 1 aromatic heterocycles. The van der Waals surface area contributed by atoms with E-state index < -0.39 is 0 Å². The summed E-state index contributed by atoms with van der Waals surface area (Å²) in [6.45, 7) is 1.18. The number of allylic oxidation sites excluding steroid dienone is 1. The lowest BCUT2D eigenvalue weighted by Crippen LogP contribution is -2.15. The smallest absolute Gasteiger partial charge is 0.223 e. The molecular formula is C17H17ClN4O2S. The van der Waals surface area contributed by atoms with Crippen LogP contribution in [0.2, 0.25) is 5.02 Å². The van der Waals surface area contributed by atoms with Gasteiger partial charge in [0.25, 0.3) is 0 Å². The third-order valence-electron chi connectivity index (χ3n) is 3.45. The summed E-state index contributed by atoms with van der Waals surface area (Å²) >= 11 is 7.44. The van der Waals surface area contributed by atoms with E-state index in [1.54, 1.807) is 25.4 Å². The Hall–Kier alpha value is -2.38. The summed E-state index contributed by atoms with van der Waals surface area (Å²) in [6, 6.07) is 7.37. The van der Waals surface area contributed by atoms with Crippen LogP contribution >= 0.6 is 23.5 Å². The Morgan fingerprint density at radius 3 is 3.12 bits per heavy atom. The molecule has 130 valence electrons. The van der Waals surface area contributed by atoms with Gasteiger partial charge in [0, 0.05) is 23.5 Å². The van der Waals surface area contributed by atoms with Crippen molar-refractivity contribution in [1.29, 1.82) is 5.41 Å². The molecule has 0 fully saturated rings. The third kappa shape index (κ3) is 4.18. The maximum atomic E-state index is 7.31. The number of fused-ring (bicyclic) bond motifs is 1. The van der Waals surface area contributed by atoms with E-state index in [4.69, 9.17) is 26.5 Å². The zero-order valence-corrected chi connectivity index (χ0v) is 15.1. The average Bonchev–Trinajstić information content (AvgIpc) is 2.82. The third-order valence-corrected chi connectivity index (χ3v) is 4.56. The molecule has 1 aliphatic heterocycles. The maximum absolute atomic E-state index is 7.31. The van der Waals surface area contributed by atoms with Crippen LogP contribution in [0.3, 0.4) is 0 Å². The molecule has 0 saturated heterocycles. The van der Waals surface area contributed by atoms with E-state index in [0.29, 0.717) is 24.1 Å². The minimum absolute atomic E-state index is 0.524. The van der Waals surface area contributed by atoms with Crippen molar-refractivity contribution in [2.75, 3.05) is 25.0 Å². The highest BCUT2D eigenvalue weighted by molar-refractivity contribution is 8.00. The largest absolute Gasteiger partial charge is 0.496 e. The van der Waals surface area contributed by atoms with Gasteiger partial charge in [-0.1, -0.05) is 11.6 Å². The fourth-order valence-corrected chi connectivity index (χ4v) is 3.33. The Morgan fingerprint density at radius 1 is 1.44 bits per heavy atom. The summed E-state index contributed by atoms with van der Waals surface area (Å²) in [4.78, 5) is 5.24. The van der Waals surface area contributed by atoms with Gasteiger partial charge in [0.1, 0.15) is 12.4 Å². The van der Waals surface area contributed by atoms with E-state index in [1.165, 1.54) is 18.2 Å². The number of aromatic nitrogens is 1. The van der Waals surface area contributed by atoms with Crippen molar-refractivity contribution in [3.8, 4) is 11.6 Å². The molecule has 3 N–H and O–H groups in total. The van der Waals surface area contributed by atoms with E-state index in [2.05, 4.69) is 15.0 Å². The van der Waals surface area contributed by atoms with Crippen molar-refractivity contribution in [3.05, 3.63) is 47.1 Å². The summed E-state index contributed by atoms with van der Waals surface area (Å²) in [5.41, 5.74) is 2.42. The first kappa shape index (κ1) is 17.4. The van der Waals surface area contributed by atoms with Gasteiger partial charge < -0.3 is 24.9 Å². The zero-order valence-electron chi connectivity index (χ0n) is 13.5. The maximum Gasteiger partial charge on any atom is 0.223 e. The molecule has 0 radical (unpaired) electrons. The average molecular weight is 377 g/mol. The molecule has 6 nitrogen and oxygen atoms in total. The first-order valence-electron chi connectivity index (χ1n) is 7.55. The van der Waals surface area contributed by atoms with Crippen LogP contribution in [0.5, 0.6) is 11.6 Å². The van der Waals surface area contributed by atoms with Gasteiger partial charge in [-0.2, -0.15) is 0 Å². The molecule has 0 unspecified atom stereocenters. The number of pyridine rings is 1. The molecule has 8 heteroatoms. The Morgan fingerprint density at radius 2 is 2.32 bits per heavy atom. The number of benzene rings is 1. The van der Waals surface area contributed by atoms with Gasteiger partial charge in [-0.25, -0.2) is 4.98 Å². The summed E-state index contributed by atoms with van der Waals surface area (Å²) in [6.07, 6.45) is 4.63. The first-order valence-corrected chi connectivity index (χ1v) is 8.75. The summed E-state index contributed by atoms with van der Waals surface area (Å²) in [7, 11) is 1.62. The molecule has 0 aliphatic carbocycles. The summed E-state index contributed by atoms with van der Waals surface area (Å²) in [5, 5.41) is 11.2. The number of halogens is 1. The first-order chi connectivity index (χ1) is 12.2. The number of hydrogen-bond donors (Lipinski definition) is 3. The summed E-state index contributed by atoms with van der Waals surface area (Å²) in [5.74, 6) is 1.29. The van der Waals surface area contributed by atoms with Crippen LogP contribution in [0.15, 0.2) is 41.4 Å². The number of nitrogens with one attached hydrogen (secondary N) is 3. The van der Waals surface area contributed by atoms with Crippen LogP contribution < -0.4 is 19.5 Å². The van der Waals surface area contributed by atoms with Crippen LogP contribution in [0.4, 0.5) is 5.69 Å². The number of methoxy groups -OCH3 is 1. The van der Waals surface area contributed by atoms with Crippen molar-refractivity contribution in [3.63, 3.8) is 0 Å². The fraction of sp³-hybridized carbons (Fsp3) is 0.176. The Balaban J connectivity index is 1.84. The lowest BCUT2D eigenvalue weighted by atomic mass is 10.2. The van der Waals surface area contributed by atoms with Gasteiger partial charge in [0.2, 0.25) is 5.88 Å². The van der Waals surface area contributed by atoms with E-state index >= 15 is 0 Å². The molecule has 2 heterocycles. The van der Waals surface area contributed by atoms with Crippen LogP contribution in [0.25, 0.3) is 5.70 Å². The van der Waals surface area contributed by atoms with Gasteiger partial charge in [-0.15, -0.1) is 0 Å². The van der Waals surface area contributed by atoms with E-state index in [9.17, 15) is 0 Å². The highest BCUT2D eigenvalue weighted by atomic mass is 35.5. The molecule has 25 heavy (non-hydrogen) atoms. The van der Waals surface area contributed by atoms with E-state index in [1.807, 2.05) is 18.2 Å². The molecule has 2 aromatic rings. The molecule has 0 amide bonds. The predicted molar refractivity (Wildman–Crippen MR) is 102 cm³/mol. The van der Waals surface area contributed by atoms with Crippen molar-refractivity contribution >= 4 is 41.1 Å². The second kappa shape index (κ2) is 8.13. The molecule has 0 spiro atoms. The van der Waals surface area contributed by atoms with Crippen LogP contribution in [-0.4, -0.2) is 31.5 Å². The van der Waals surface area contributed by atoms with Gasteiger partial charge in [-0.3, -0.25) is 0 Å². The zero-order chi connectivity index (χ0) is 17.6. The Kier molecular flexibility index (Phi) is 5.67. The number of rotatable bonds is 5. The van der Waals surface area contributed by atoms with Gasteiger partial charge in [0.05, 0.1) is 29.5 Å². The van der Waals surface area contributed by atoms with Gasteiger partial charge in [-0.05, 0) is 42.3 Å². The normalized spacial score (nSPS) is 14.7. The lowest BCUT2D eigenvalue weighted by molar-refractivity contribution is 0.315. The van der Waals surface area contributed by atoms with Gasteiger partial charge in [0.15, 0.2) is 0 Å². The molecular weight excluding hydrogens is 360 g/mol. The van der Waals surface area contributed by atoms with Crippen molar-refractivity contribution < 1.29 is 9.47 Å². The van der Waals surface area contributed by atoms with Crippen LogP contribution in [0, 0.1) is 5.41 Å². The minimum Gasteiger partial charge on any atom is -0.496 e. The molecule has 1 aromatic carbocycles. The SMILES string of the molecule is COc1ccc(Cl)cc1SNc1cnc2c(c1)/C(=C/C=N)NCCO2. The van der Waals surface area contributed by atoms with Gasteiger partial charge >= 0.3 is 0 Å². The quantitative estimate of drug-likeness (QED) is 0.543. The Labute approximate surface area is 155 Å². The number of hydrogen-bond acceptors (Lipinski definition) is 7. The lowest BCUT2D eigenvalue weighted by Gasteiger charge is -2.12. The van der Waals surface area contributed by atoms with Crippen molar-refractivity contribution in [2.24, 2.45) is 0 Å². The second-order valence-corrected chi connectivity index (χ2v) is 6.38. The number of anilines is 1.